The molecular formula is C25H21NO4. The number of hydrogen-bond acceptors (Lipinski definition) is 4. The van der Waals surface area contributed by atoms with Crippen LogP contribution in [0, 0.1) is 13.8 Å². The number of carbonyl (C=O) groups is 1. The minimum Gasteiger partial charge on any atom is -0.483 e. The molecule has 0 aliphatic carbocycles. The van der Waals surface area contributed by atoms with E-state index in [4.69, 9.17) is 9.15 Å². The molecule has 0 fully saturated rings. The molecule has 1 amide bonds. The van der Waals surface area contributed by atoms with Crippen LogP contribution in [0.5, 0.6) is 5.75 Å². The van der Waals surface area contributed by atoms with Crippen molar-refractivity contribution in [1.82, 2.24) is 0 Å². The van der Waals surface area contributed by atoms with Gasteiger partial charge in [0.25, 0.3) is 5.91 Å². The highest BCUT2D eigenvalue weighted by molar-refractivity contribution is 5.92. The summed E-state index contributed by atoms with van der Waals surface area (Å²) >= 11 is 0. The Hall–Kier alpha value is -3.86. The SMILES string of the molecule is Cc1ccc(OCC(=O)Nc2ccc(-c3cc4ccccc4oc3=O)cc2)c(C)c1. The average molecular weight is 399 g/mol. The molecule has 0 atom stereocenters. The molecule has 0 saturated heterocycles. The molecule has 1 heterocycles. The number of anilines is 1. The maximum atomic E-state index is 12.3. The maximum absolute atomic E-state index is 12.3. The van der Waals surface area contributed by atoms with Crippen LogP contribution in [0.15, 0.2) is 82.0 Å². The van der Waals surface area contributed by atoms with Crippen molar-refractivity contribution in [2.75, 3.05) is 11.9 Å². The molecule has 4 aromatic rings. The Labute approximate surface area is 173 Å². The van der Waals surface area contributed by atoms with Gasteiger partial charge < -0.3 is 14.5 Å². The van der Waals surface area contributed by atoms with E-state index in [9.17, 15) is 9.59 Å². The third-order valence-electron chi connectivity index (χ3n) is 4.81. The van der Waals surface area contributed by atoms with Gasteiger partial charge in [0.2, 0.25) is 0 Å². The monoisotopic (exact) mass is 399 g/mol. The first kappa shape index (κ1) is 19.5. The van der Waals surface area contributed by atoms with E-state index in [2.05, 4.69) is 5.32 Å². The van der Waals surface area contributed by atoms with Gasteiger partial charge in [0.05, 0.1) is 5.56 Å². The van der Waals surface area contributed by atoms with Crippen LogP contribution in [-0.2, 0) is 4.79 Å². The minimum absolute atomic E-state index is 0.0834. The number of hydrogen-bond donors (Lipinski definition) is 1. The Morgan fingerprint density at radius 3 is 2.50 bits per heavy atom. The third kappa shape index (κ3) is 4.25. The second kappa shape index (κ2) is 8.25. The van der Waals surface area contributed by atoms with Crippen LogP contribution in [0.2, 0.25) is 0 Å². The van der Waals surface area contributed by atoms with Gasteiger partial charge in [0, 0.05) is 11.1 Å². The topological polar surface area (TPSA) is 68.5 Å². The summed E-state index contributed by atoms with van der Waals surface area (Å²) in [5, 5.41) is 3.66. The molecular weight excluding hydrogens is 378 g/mol. The summed E-state index contributed by atoms with van der Waals surface area (Å²) in [5.74, 6) is 0.432. The van der Waals surface area contributed by atoms with E-state index in [1.807, 2.05) is 56.3 Å². The number of fused-ring (bicyclic) bond motifs is 1. The Morgan fingerprint density at radius 2 is 1.73 bits per heavy atom. The van der Waals surface area contributed by atoms with E-state index >= 15 is 0 Å². The largest absolute Gasteiger partial charge is 0.483 e. The van der Waals surface area contributed by atoms with Gasteiger partial charge in [0.15, 0.2) is 6.61 Å². The number of nitrogens with one attached hydrogen (secondary N) is 1. The average Bonchev–Trinajstić information content (AvgIpc) is 2.73. The quantitative estimate of drug-likeness (QED) is 0.475. The normalized spacial score (nSPS) is 10.7. The second-order valence-electron chi connectivity index (χ2n) is 7.17. The van der Waals surface area contributed by atoms with Crippen LogP contribution in [-0.4, -0.2) is 12.5 Å². The summed E-state index contributed by atoms with van der Waals surface area (Å²) < 4.78 is 11.0. The molecule has 0 unspecified atom stereocenters. The number of para-hydroxylation sites is 1. The van der Waals surface area contributed by atoms with Gasteiger partial charge in [-0.05, 0) is 55.3 Å². The van der Waals surface area contributed by atoms with Crippen molar-refractivity contribution in [3.63, 3.8) is 0 Å². The lowest BCUT2D eigenvalue weighted by atomic mass is 10.1. The molecule has 4 rings (SSSR count). The Bertz CT molecular complexity index is 1270. The van der Waals surface area contributed by atoms with Crippen LogP contribution in [0.3, 0.4) is 0 Å². The molecule has 5 heteroatoms. The first-order valence-corrected chi connectivity index (χ1v) is 9.63. The standard InChI is InChI=1S/C25H21NO4/c1-16-7-12-22(17(2)13-16)29-15-24(27)26-20-10-8-18(9-11-20)21-14-19-5-3-4-6-23(19)30-25(21)28/h3-14H,15H2,1-2H3,(H,26,27). The summed E-state index contributed by atoms with van der Waals surface area (Å²) in [6, 6.07) is 22.1. The number of rotatable bonds is 5. The predicted octanol–water partition coefficient (Wildman–Crippen LogP) is 5.09. The van der Waals surface area contributed by atoms with Crippen molar-refractivity contribution in [2.24, 2.45) is 0 Å². The maximum Gasteiger partial charge on any atom is 0.344 e. The molecule has 30 heavy (non-hydrogen) atoms. The van der Waals surface area contributed by atoms with Crippen LogP contribution in [0.4, 0.5) is 5.69 Å². The van der Waals surface area contributed by atoms with Gasteiger partial charge in [0.1, 0.15) is 11.3 Å². The lowest BCUT2D eigenvalue weighted by Gasteiger charge is -2.10. The predicted molar refractivity (Wildman–Crippen MR) is 118 cm³/mol. The molecule has 0 aliphatic heterocycles. The highest BCUT2D eigenvalue weighted by Crippen LogP contribution is 2.23. The molecule has 0 bridgehead atoms. The van der Waals surface area contributed by atoms with Crippen molar-refractivity contribution < 1.29 is 13.9 Å². The van der Waals surface area contributed by atoms with Crippen LogP contribution in [0.1, 0.15) is 11.1 Å². The van der Waals surface area contributed by atoms with Crippen LogP contribution >= 0.6 is 0 Å². The Morgan fingerprint density at radius 1 is 0.967 bits per heavy atom. The van der Waals surface area contributed by atoms with E-state index in [0.717, 1.165) is 22.1 Å². The molecule has 1 aromatic heterocycles. The lowest BCUT2D eigenvalue weighted by molar-refractivity contribution is -0.118. The van der Waals surface area contributed by atoms with Gasteiger partial charge in [-0.15, -0.1) is 0 Å². The first-order chi connectivity index (χ1) is 14.5. The zero-order valence-electron chi connectivity index (χ0n) is 16.8. The minimum atomic E-state index is -0.396. The highest BCUT2D eigenvalue weighted by atomic mass is 16.5. The van der Waals surface area contributed by atoms with Crippen molar-refractivity contribution in [3.05, 3.63) is 94.3 Å². The fourth-order valence-electron chi connectivity index (χ4n) is 3.30. The number of amides is 1. The Balaban J connectivity index is 1.44. The van der Waals surface area contributed by atoms with Gasteiger partial charge in [-0.2, -0.15) is 0 Å². The van der Waals surface area contributed by atoms with Gasteiger partial charge in [-0.3, -0.25) is 4.79 Å². The summed E-state index contributed by atoms with van der Waals surface area (Å²) in [5.41, 5.74) is 4.11. The zero-order valence-corrected chi connectivity index (χ0v) is 16.8. The molecule has 3 aromatic carbocycles. The zero-order chi connectivity index (χ0) is 21.1. The van der Waals surface area contributed by atoms with E-state index in [1.54, 1.807) is 30.3 Å². The number of aryl methyl sites for hydroxylation is 2. The molecule has 0 saturated carbocycles. The number of carbonyl (C=O) groups excluding carboxylic acids is 1. The van der Waals surface area contributed by atoms with E-state index in [0.29, 0.717) is 22.6 Å². The number of ether oxygens (including phenoxy) is 1. The van der Waals surface area contributed by atoms with Crippen molar-refractivity contribution in [1.29, 1.82) is 0 Å². The van der Waals surface area contributed by atoms with E-state index in [1.165, 1.54) is 0 Å². The smallest absolute Gasteiger partial charge is 0.344 e. The van der Waals surface area contributed by atoms with Gasteiger partial charge in [-0.25, -0.2) is 4.79 Å². The van der Waals surface area contributed by atoms with Gasteiger partial charge in [-0.1, -0.05) is 48.0 Å². The first-order valence-electron chi connectivity index (χ1n) is 9.63. The summed E-state index contributed by atoms with van der Waals surface area (Å²) in [4.78, 5) is 24.5. The van der Waals surface area contributed by atoms with Gasteiger partial charge >= 0.3 is 5.63 Å². The fourth-order valence-corrected chi connectivity index (χ4v) is 3.30. The van der Waals surface area contributed by atoms with Crippen LogP contribution < -0.4 is 15.7 Å². The fraction of sp³-hybridized carbons (Fsp3) is 0.120. The Kier molecular flexibility index (Phi) is 5.35. The summed E-state index contributed by atoms with van der Waals surface area (Å²) in [6.07, 6.45) is 0. The van der Waals surface area contributed by atoms with E-state index < -0.39 is 5.63 Å². The summed E-state index contributed by atoms with van der Waals surface area (Å²) in [6.45, 7) is 3.87. The molecule has 5 nitrogen and oxygen atoms in total. The molecule has 150 valence electrons. The van der Waals surface area contributed by atoms with Crippen LogP contribution in [0.25, 0.3) is 22.1 Å². The number of benzene rings is 3. The van der Waals surface area contributed by atoms with Crippen molar-refractivity contribution in [3.8, 4) is 16.9 Å². The molecule has 0 spiro atoms. The third-order valence-corrected chi connectivity index (χ3v) is 4.81. The molecule has 0 aliphatic rings. The van der Waals surface area contributed by atoms with E-state index in [-0.39, 0.29) is 12.5 Å². The van der Waals surface area contributed by atoms with Crippen molar-refractivity contribution in [2.45, 2.75) is 13.8 Å². The molecule has 1 N–H and O–H groups in total. The second-order valence-corrected chi connectivity index (χ2v) is 7.17. The van der Waals surface area contributed by atoms with Crippen molar-refractivity contribution >= 4 is 22.6 Å². The lowest BCUT2D eigenvalue weighted by Crippen LogP contribution is -2.20. The molecule has 0 radical (unpaired) electrons. The highest BCUT2D eigenvalue weighted by Gasteiger charge is 2.09. The summed E-state index contributed by atoms with van der Waals surface area (Å²) in [7, 11) is 0.